The Morgan fingerprint density at radius 1 is 1.13 bits per heavy atom. The number of amides is 1. The zero-order chi connectivity index (χ0) is 20.8. The Balaban J connectivity index is 1.23. The van der Waals surface area contributed by atoms with E-state index in [-0.39, 0.29) is 11.8 Å². The van der Waals surface area contributed by atoms with Crippen molar-refractivity contribution in [3.8, 4) is 5.75 Å². The smallest absolute Gasteiger partial charge is 0.227 e. The summed E-state index contributed by atoms with van der Waals surface area (Å²) in [4.78, 5) is 16.5. The van der Waals surface area contributed by atoms with Crippen molar-refractivity contribution in [2.75, 3.05) is 25.5 Å². The molecule has 0 bridgehead atoms. The van der Waals surface area contributed by atoms with E-state index in [1.165, 1.54) is 11.1 Å². The number of aliphatic imine (C=N–C) groups is 1. The molecule has 2 aromatic carbocycles. The predicted molar refractivity (Wildman–Crippen MR) is 120 cm³/mol. The zero-order valence-corrected chi connectivity index (χ0v) is 17.5. The number of nitrogens with one attached hydrogen (secondary N) is 3. The molecule has 30 heavy (non-hydrogen) atoms. The summed E-state index contributed by atoms with van der Waals surface area (Å²) < 4.78 is 5.57. The summed E-state index contributed by atoms with van der Waals surface area (Å²) in [6, 6.07) is 14.4. The van der Waals surface area contributed by atoms with E-state index >= 15 is 0 Å². The van der Waals surface area contributed by atoms with Crippen LogP contribution in [0.15, 0.2) is 47.5 Å². The van der Waals surface area contributed by atoms with Gasteiger partial charge in [-0.05, 0) is 54.2 Å². The Morgan fingerprint density at radius 2 is 2.03 bits per heavy atom. The van der Waals surface area contributed by atoms with E-state index in [4.69, 9.17) is 4.74 Å². The monoisotopic (exact) mass is 406 g/mol. The van der Waals surface area contributed by atoms with E-state index in [1.54, 1.807) is 7.05 Å². The molecule has 6 heteroatoms. The molecule has 0 saturated heterocycles. The molecule has 1 saturated carbocycles. The third-order valence-corrected chi connectivity index (χ3v) is 5.81. The van der Waals surface area contributed by atoms with Gasteiger partial charge in [0, 0.05) is 38.2 Å². The van der Waals surface area contributed by atoms with Crippen LogP contribution >= 0.6 is 0 Å². The van der Waals surface area contributed by atoms with Crippen LogP contribution in [0.2, 0.25) is 0 Å². The van der Waals surface area contributed by atoms with Crippen molar-refractivity contribution in [2.24, 2.45) is 10.9 Å². The Hall–Kier alpha value is -3.02. The Bertz CT molecular complexity index is 921. The molecule has 2 aromatic rings. The molecule has 1 fully saturated rings. The number of hydrogen-bond acceptors (Lipinski definition) is 3. The second kappa shape index (κ2) is 9.65. The first-order valence-electron chi connectivity index (χ1n) is 10.8. The Labute approximate surface area is 178 Å². The molecule has 0 spiro atoms. The largest absolute Gasteiger partial charge is 0.493 e. The van der Waals surface area contributed by atoms with Crippen LogP contribution in [0.5, 0.6) is 5.75 Å². The maximum atomic E-state index is 12.2. The van der Waals surface area contributed by atoms with Gasteiger partial charge in [0.15, 0.2) is 5.96 Å². The molecule has 1 aliphatic carbocycles. The van der Waals surface area contributed by atoms with Crippen molar-refractivity contribution in [2.45, 2.75) is 38.6 Å². The van der Waals surface area contributed by atoms with Gasteiger partial charge < -0.3 is 20.7 Å². The van der Waals surface area contributed by atoms with Gasteiger partial charge in [0.2, 0.25) is 5.91 Å². The van der Waals surface area contributed by atoms with Gasteiger partial charge in [0.1, 0.15) is 5.75 Å². The van der Waals surface area contributed by atoms with E-state index in [0.29, 0.717) is 6.54 Å². The minimum atomic E-state index is 0.141. The number of carbonyl (C=O) groups is 1. The maximum absolute atomic E-state index is 12.2. The van der Waals surface area contributed by atoms with E-state index in [0.717, 1.165) is 68.2 Å². The zero-order valence-electron chi connectivity index (χ0n) is 17.5. The van der Waals surface area contributed by atoms with Crippen LogP contribution in [0, 0.1) is 5.92 Å². The first-order chi connectivity index (χ1) is 14.7. The Kier molecular flexibility index (Phi) is 6.52. The number of fused-ring (bicyclic) bond motifs is 1. The van der Waals surface area contributed by atoms with Crippen LogP contribution in [0.4, 0.5) is 5.69 Å². The number of ether oxygens (including phenoxy) is 1. The van der Waals surface area contributed by atoms with Crippen LogP contribution in [0.25, 0.3) is 0 Å². The molecule has 3 N–H and O–H groups in total. The molecule has 2 aliphatic rings. The van der Waals surface area contributed by atoms with E-state index < -0.39 is 0 Å². The van der Waals surface area contributed by atoms with Gasteiger partial charge in [-0.2, -0.15) is 0 Å². The number of carbonyl (C=O) groups excluding carboxylic acids is 1. The van der Waals surface area contributed by atoms with Crippen molar-refractivity contribution in [3.63, 3.8) is 0 Å². The molecule has 158 valence electrons. The fraction of sp³-hybridized carbons (Fsp3) is 0.417. The van der Waals surface area contributed by atoms with Gasteiger partial charge in [0.25, 0.3) is 0 Å². The lowest BCUT2D eigenvalue weighted by molar-refractivity contribution is -0.122. The number of nitrogens with zero attached hydrogens (tertiary/aromatic N) is 1. The number of benzene rings is 2. The molecule has 0 atom stereocenters. The van der Waals surface area contributed by atoms with Crippen LogP contribution in [-0.4, -0.2) is 32.1 Å². The van der Waals surface area contributed by atoms with Crippen molar-refractivity contribution in [1.82, 2.24) is 10.6 Å². The van der Waals surface area contributed by atoms with Gasteiger partial charge in [-0.25, -0.2) is 0 Å². The second-order valence-corrected chi connectivity index (χ2v) is 7.96. The summed E-state index contributed by atoms with van der Waals surface area (Å²) in [7, 11) is 1.78. The third kappa shape index (κ3) is 5.12. The number of anilines is 1. The van der Waals surface area contributed by atoms with Gasteiger partial charge in [-0.3, -0.25) is 9.79 Å². The van der Waals surface area contributed by atoms with E-state index in [2.05, 4.69) is 39.1 Å². The number of rotatable bonds is 7. The van der Waals surface area contributed by atoms with Crippen molar-refractivity contribution >= 4 is 17.6 Å². The molecule has 1 amide bonds. The highest BCUT2D eigenvalue weighted by molar-refractivity contribution is 5.93. The lowest BCUT2D eigenvalue weighted by atomic mass is 9.85. The lowest BCUT2D eigenvalue weighted by Gasteiger charge is -2.24. The second-order valence-electron chi connectivity index (χ2n) is 7.96. The van der Waals surface area contributed by atoms with Gasteiger partial charge in [-0.1, -0.05) is 30.7 Å². The summed E-state index contributed by atoms with van der Waals surface area (Å²) >= 11 is 0. The summed E-state index contributed by atoms with van der Waals surface area (Å²) in [6.45, 7) is 2.23. The van der Waals surface area contributed by atoms with Crippen molar-refractivity contribution in [3.05, 3.63) is 59.2 Å². The van der Waals surface area contributed by atoms with Gasteiger partial charge in [0.05, 0.1) is 6.61 Å². The highest BCUT2D eigenvalue weighted by Crippen LogP contribution is 2.28. The topological polar surface area (TPSA) is 74.8 Å². The van der Waals surface area contributed by atoms with E-state index in [9.17, 15) is 4.79 Å². The van der Waals surface area contributed by atoms with Crippen LogP contribution in [0.1, 0.15) is 36.0 Å². The van der Waals surface area contributed by atoms with Gasteiger partial charge >= 0.3 is 0 Å². The first kappa shape index (κ1) is 20.3. The number of hydrogen-bond donors (Lipinski definition) is 3. The highest BCUT2D eigenvalue weighted by Gasteiger charge is 2.25. The average molecular weight is 407 g/mol. The highest BCUT2D eigenvalue weighted by atomic mass is 16.5. The molecule has 0 aromatic heterocycles. The number of guanidine groups is 1. The molecule has 1 heterocycles. The molecule has 0 radical (unpaired) electrons. The summed E-state index contributed by atoms with van der Waals surface area (Å²) in [5.74, 6) is 2.12. The first-order valence-corrected chi connectivity index (χ1v) is 10.8. The average Bonchev–Trinajstić information content (AvgIpc) is 3.17. The standard InChI is InChI=1S/C24H30N4O2/c1-25-24(26-12-10-17-8-9-22-20(14-17)11-13-30-22)27-16-18-4-2-7-21(15-18)28-23(29)19-5-3-6-19/h2,4,7-9,14-15,19H,3,5-6,10-13,16H2,1H3,(H,28,29)(H2,25,26,27). The minimum Gasteiger partial charge on any atom is -0.493 e. The summed E-state index contributed by atoms with van der Waals surface area (Å²) in [6.07, 6.45) is 5.11. The summed E-state index contributed by atoms with van der Waals surface area (Å²) in [5.41, 5.74) is 4.56. The fourth-order valence-corrected chi connectivity index (χ4v) is 3.80. The lowest BCUT2D eigenvalue weighted by Crippen LogP contribution is -2.37. The Morgan fingerprint density at radius 3 is 2.83 bits per heavy atom. The minimum absolute atomic E-state index is 0.141. The van der Waals surface area contributed by atoms with E-state index in [1.807, 2.05) is 24.3 Å². The molecule has 6 nitrogen and oxygen atoms in total. The maximum Gasteiger partial charge on any atom is 0.227 e. The molecular formula is C24H30N4O2. The SMILES string of the molecule is CN=C(NCCc1ccc2c(c1)CCO2)NCc1cccc(NC(=O)C2CCC2)c1. The van der Waals surface area contributed by atoms with Crippen LogP contribution in [-0.2, 0) is 24.2 Å². The van der Waals surface area contributed by atoms with Crippen LogP contribution in [0.3, 0.4) is 0 Å². The molecule has 4 rings (SSSR count). The molecule has 1 aliphatic heterocycles. The quantitative estimate of drug-likeness (QED) is 0.487. The van der Waals surface area contributed by atoms with Crippen molar-refractivity contribution in [1.29, 1.82) is 0 Å². The molecule has 0 unspecified atom stereocenters. The summed E-state index contributed by atoms with van der Waals surface area (Å²) in [5, 5.41) is 9.75. The normalized spacial score (nSPS) is 15.7. The van der Waals surface area contributed by atoms with Crippen molar-refractivity contribution < 1.29 is 9.53 Å². The fourth-order valence-electron chi connectivity index (χ4n) is 3.80. The van der Waals surface area contributed by atoms with Crippen LogP contribution < -0.4 is 20.7 Å². The van der Waals surface area contributed by atoms with Gasteiger partial charge in [-0.15, -0.1) is 0 Å². The molecular weight excluding hydrogens is 376 g/mol. The third-order valence-electron chi connectivity index (χ3n) is 5.81. The predicted octanol–water partition coefficient (Wildman–Crippen LogP) is 3.27.